The molecule has 0 aromatic heterocycles. The van der Waals surface area contributed by atoms with Gasteiger partial charge in [0.05, 0.1) is 4.90 Å². The van der Waals surface area contributed by atoms with Gasteiger partial charge in [-0.25, -0.2) is 13.6 Å². The molecular formula is C12H15BrN2O3S. The van der Waals surface area contributed by atoms with E-state index < -0.39 is 10.0 Å². The van der Waals surface area contributed by atoms with Crippen molar-refractivity contribution in [1.29, 1.82) is 0 Å². The molecule has 1 aliphatic carbocycles. The van der Waals surface area contributed by atoms with Crippen LogP contribution in [-0.2, 0) is 10.0 Å². The Bertz CT molecular complexity index is 615. The Morgan fingerprint density at radius 1 is 1.47 bits per heavy atom. The molecule has 1 aromatic carbocycles. The number of rotatable bonds is 4. The van der Waals surface area contributed by atoms with Crippen LogP contribution in [-0.4, -0.2) is 20.9 Å². The van der Waals surface area contributed by atoms with Crippen LogP contribution < -0.4 is 10.5 Å². The molecule has 2 rings (SSSR count). The molecule has 1 saturated carbocycles. The second-order valence-electron chi connectivity index (χ2n) is 4.90. The zero-order chi connectivity index (χ0) is 14.2. The molecule has 7 heteroatoms. The lowest BCUT2D eigenvalue weighted by Crippen LogP contribution is -2.26. The van der Waals surface area contributed by atoms with Gasteiger partial charge < -0.3 is 5.32 Å². The lowest BCUT2D eigenvalue weighted by molar-refractivity contribution is 0.0951. The lowest BCUT2D eigenvalue weighted by Gasteiger charge is -2.07. The van der Waals surface area contributed by atoms with E-state index in [-0.39, 0.29) is 16.4 Å². The first-order valence-corrected chi connectivity index (χ1v) is 8.23. The number of primary sulfonamides is 1. The SMILES string of the molecule is CC1CC1CNC(=O)c1cc(Br)cc(S(N)(=O)=O)c1. The highest BCUT2D eigenvalue weighted by Gasteiger charge is 2.32. The van der Waals surface area contributed by atoms with Crippen LogP contribution in [0.4, 0.5) is 0 Å². The Kier molecular flexibility index (Phi) is 3.98. The summed E-state index contributed by atoms with van der Waals surface area (Å²) >= 11 is 3.18. The van der Waals surface area contributed by atoms with Gasteiger partial charge in [0.15, 0.2) is 0 Å². The van der Waals surface area contributed by atoms with Gasteiger partial charge in [0.2, 0.25) is 10.0 Å². The molecule has 0 aliphatic heterocycles. The van der Waals surface area contributed by atoms with E-state index in [1.165, 1.54) is 12.1 Å². The summed E-state index contributed by atoms with van der Waals surface area (Å²) in [7, 11) is -3.82. The van der Waals surface area contributed by atoms with E-state index in [1.807, 2.05) is 0 Å². The number of benzene rings is 1. The smallest absolute Gasteiger partial charge is 0.251 e. The van der Waals surface area contributed by atoms with Gasteiger partial charge in [0, 0.05) is 16.6 Å². The van der Waals surface area contributed by atoms with Gasteiger partial charge in [-0.15, -0.1) is 0 Å². The molecule has 19 heavy (non-hydrogen) atoms. The third kappa shape index (κ3) is 3.77. The first-order valence-electron chi connectivity index (χ1n) is 5.89. The average molecular weight is 347 g/mol. The monoisotopic (exact) mass is 346 g/mol. The number of carbonyl (C=O) groups excluding carboxylic acids is 1. The van der Waals surface area contributed by atoms with Crippen molar-refractivity contribution >= 4 is 31.9 Å². The summed E-state index contributed by atoms with van der Waals surface area (Å²) in [5.74, 6) is 0.905. The van der Waals surface area contributed by atoms with Gasteiger partial charge in [-0.1, -0.05) is 22.9 Å². The lowest BCUT2D eigenvalue weighted by atomic mass is 10.2. The van der Waals surface area contributed by atoms with Crippen LogP contribution in [0.2, 0.25) is 0 Å². The number of nitrogens with two attached hydrogens (primary N) is 1. The maximum atomic E-state index is 11.9. The highest BCUT2D eigenvalue weighted by atomic mass is 79.9. The zero-order valence-electron chi connectivity index (χ0n) is 10.4. The summed E-state index contributed by atoms with van der Waals surface area (Å²) in [4.78, 5) is 11.9. The van der Waals surface area contributed by atoms with Crippen LogP contribution in [0, 0.1) is 11.8 Å². The molecule has 1 amide bonds. The summed E-state index contributed by atoms with van der Waals surface area (Å²) in [6.45, 7) is 2.76. The number of carbonyl (C=O) groups is 1. The van der Waals surface area contributed by atoms with Gasteiger partial charge >= 0.3 is 0 Å². The van der Waals surface area contributed by atoms with Gasteiger partial charge in [-0.05, 0) is 36.5 Å². The predicted molar refractivity (Wildman–Crippen MR) is 75.1 cm³/mol. The maximum Gasteiger partial charge on any atom is 0.251 e. The van der Waals surface area contributed by atoms with E-state index in [0.717, 1.165) is 6.42 Å². The zero-order valence-corrected chi connectivity index (χ0v) is 12.8. The van der Waals surface area contributed by atoms with Crippen molar-refractivity contribution in [3.8, 4) is 0 Å². The Morgan fingerprint density at radius 3 is 2.63 bits per heavy atom. The Balaban J connectivity index is 2.15. The van der Waals surface area contributed by atoms with Crippen molar-refractivity contribution in [3.63, 3.8) is 0 Å². The van der Waals surface area contributed by atoms with Gasteiger partial charge in [0.25, 0.3) is 5.91 Å². The van der Waals surface area contributed by atoms with Crippen molar-refractivity contribution in [2.24, 2.45) is 17.0 Å². The molecule has 3 N–H and O–H groups in total. The van der Waals surface area contributed by atoms with E-state index in [0.29, 0.717) is 22.9 Å². The van der Waals surface area contributed by atoms with Crippen molar-refractivity contribution < 1.29 is 13.2 Å². The van der Waals surface area contributed by atoms with Crippen molar-refractivity contribution in [2.45, 2.75) is 18.2 Å². The van der Waals surface area contributed by atoms with Crippen LogP contribution in [0.3, 0.4) is 0 Å². The van der Waals surface area contributed by atoms with Crippen LogP contribution in [0.1, 0.15) is 23.7 Å². The third-order valence-corrected chi connectivity index (χ3v) is 4.61. The normalized spacial score (nSPS) is 22.1. The molecule has 0 spiro atoms. The van der Waals surface area contributed by atoms with E-state index in [1.54, 1.807) is 6.07 Å². The van der Waals surface area contributed by atoms with Crippen molar-refractivity contribution in [1.82, 2.24) is 5.32 Å². The van der Waals surface area contributed by atoms with Crippen LogP contribution in [0.15, 0.2) is 27.6 Å². The minimum atomic E-state index is -3.82. The Morgan fingerprint density at radius 2 is 2.11 bits per heavy atom. The highest BCUT2D eigenvalue weighted by molar-refractivity contribution is 9.10. The number of nitrogens with one attached hydrogen (secondary N) is 1. The molecule has 104 valence electrons. The first kappa shape index (κ1) is 14.5. The topological polar surface area (TPSA) is 89.3 Å². The quantitative estimate of drug-likeness (QED) is 0.865. The van der Waals surface area contributed by atoms with Crippen molar-refractivity contribution in [2.75, 3.05) is 6.54 Å². The van der Waals surface area contributed by atoms with Gasteiger partial charge in [-0.3, -0.25) is 4.79 Å². The maximum absolute atomic E-state index is 11.9. The van der Waals surface area contributed by atoms with E-state index in [4.69, 9.17) is 5.14 Å². The molecule has 0 saturated heterocycles. The van der Waals surface area contributed by atoms with Crippen LogP contribution in [0.25, 0.3) is 0 Å². The standard InChI is InChI=1S/C12H15BrN2O3S/c1-7-2-9(7)6-15-12(16)8-3-10(13)5-11(4-8)19(14,17)18/h3-5,7,9H,2,6H2,1H3,(H,15,16)(H2,14,17,18). The summed E-state index contributed by atoms with van der Waals surface area (Å²) in [6.07, 6.45) is 1.13. The first-order chi connectivity index (χ1) is 8.77. The fraction of sp³-hybridized carbons (Fsp3) is 0.417. The molecule has 1 fully saturated rings. The minimum absolute atomic E-state index is 0.0770. The number of sulfonamides is 1. The number of hydrogen-bond donors (Lipinski definition) is 2. The molecule has 2 unspecified atom stereocenters. The van der Waals surface area contributed by atoms with E-state index >= 15 is 0 Å². The molecule has 5 nitrogen and oxygen atoms in total. The molecule has 0 radical (unpaired) electrons. The van der Waals surface area contributed by atoms with Crippen LogP contribution in [0.5, 0.6) is 0 Å². The summed E-state index contributed by atoms with van der Waals surface area (Å²) in [6, 6.07) is 4.22. The molecule has 1 aromatic rings. The van der Waals surface area contributed by atoms with Gasteiger partial charge in [0.1, 0.15) is 0 Å². The molecular weight excluding hydrogens is 332 g/mol. The molecule has 0 heterocycles. The second kappa shape index (κ2) is 5.22. The molecule has 1 aliphatic rings. The Hall–Kier alpha value is -0.920. The average Bonchev–Trinajstić information content (AvgIpc) is 3.00. The third-order valence-electron chi connectivity index (χ3n) is 3.26. The summed E-state index contributed by atoms with van der Waals surface area (Å²) in [5, 5.41) is 7.87. The summed E-state index contributed by atoms with van der Waals surface area (Å²) < 4.78 is 23.1. The molecule has 0 bridgehead atoms. The van der Waals surface area contributed by atoms with Crippen LogP contribution >= 0.6 is 15.9 Å². The molecule has 2 atom stereocenters. The summed E-state index contributed by atoms with van der Waals surface area (Å²) in [5.41, 5.74) is 0.284. The Labute approximate surface area is 120 Å². The van der Waals surface area contributed by atoms with Crippen molar-refractivity contribution in [3.05, 3.63) is 28.2 Å². The minimum Gasteiger partial charge on any atom is -0.352 e. The highest BCUT2D eigenvalue weighted by Crippen LogP contribution is 2.36. The second-order valence-corrected chi connectivity index (χ2v) is 7.38. The predicted octanol–water partition coefficient (Wildman–Crippen LogP) is 1.48. The number of amides is 1. The fourth-order valence-electron chi connectivity index (χ4n) is 1.87. The largest absolute Gasteiger partial charge is 0.352 e. The number of halogens is 1. The van der Waals surface area contributed by atoms with E-state index in [9.17, 15) is 13.2 Å². The fourth-order valence-corrected chi connectivity index (χ4v) is 3.09. The number of hydrogen-bond acceptors (Lipinski definition) is 3. The van der Waals surface area contributed by atoms with E-state index in [2.05, 4.69) is 28.2 Å². The van der Waals surface area contributed by atoms with Gasteiger partial charge in [-0.2, -0.15) is 0 Å².